The second-order valence-corrected chi connectivity index (χ2v) is 8.74. The minimum atomic E-state index is -3.99. The third-order valence-corrected chi connectivity index (χ3v) is 6.40. The first kappa shape index (κ1) is 20.9. The lowest BCUT2D eigenvalue weighted by Crippen LogP contribution is -2.49. The number of hydrogen-bond acceptors (Lipinski definition) is 5. The van der Waals surface area contributed by atoms with Crippen LogP contribution in [0.1, 0.15) is 25.7 Å². The number of carbonyl (C=O) groups is 1. The molecule has 0 radical (unpaired) electrons. The minimum absolute atomic E-state index is 0.00942. The van der Waals surface area contributed by atoms with Crippen molar-refractivity contribution in [1.29, 1.82) is 0 Å². The van der Waals surface area contributed by atoms with Gasteiger partial charge in [-0.1, -0.05) is 18.2 Å². The molecule has 1 aromatic carbocycles. The molecule has 2 heterocycles. The molecule has 0 bridgehead atoms. The third-order valence-electron chi connectivity index (χ3n) is 4.95. The van der Waals surface area contributed by atoms with Crippen molar-refractivity contribution in [3.63, 3.8) is 0 Å². The Hall–Kier alpha value is -1.81. The Morgan fingerprint density at radius 2 is 2.00 bits per heavy atom. The normalized spacial score (nSPS) is 25.6. The number of aliphatic hydroxyl groups excluding tert-OH is 1. The van der Waals surface area contributed by atoms with Crippen molar-refractivity contribution in [2.24, 2.45) is 0 Å². The summed E-state index contributed by atoms with van der Waals surface area (Å²) in [5.41, 5.74) is 0. The maximum absolute atomic E-state index is 13.3. The lowest BCUT2D eigenvalue weighted by Gasteiger charge is -2.33. The van der Waals surface area contributed by atoms with Crippen molar-refractivity contribution < 1.29 is 27.4 Å². The first-order valence-electron chi connectivity index (χ1n) is 9.39. The maximum Gasteiger partial charge on any atom is 0.241 e. The van der Waals surface area contributed by atoms with Gasteiger partial charge in [0.1, 0.15) is 11.9 Å². The molecule has 1 amide bonds. The highest BCUT2D eigenvalue weighted by molar-refractivity contribution is 7.89. The summed E-state index contributed by atoms with van der Waals surface area (Å²) in [4.78, 5) is 14.0. The molecule has 0 aromatic heterocycles. The van der Waals surface area contributed by atoms with Crippen molar-refractivity contribution in [2.45, 2.75) is 48.8 Å². The number of piperidine rings is 1. The van der Waals surface area contributed by atoms with Gasteiger partial charge >= 0.3 is 0 Å². The summed E-state index contributed by atoms with van der Waals surface area (Å²) in [6.45, 7) is 1.07. The van der Waals surface area contributed by atoms with Crippen molar-refractivity contribution in [3.05, 3.63) is 42.2 Å². The van der Waals surface area contributed by atoms with Crippen molar-refractivity contribution in [2.75, 3.05) is 19.7 Å². The van der Waals surface area contributed by atoms with Crippen molar-refractivity contribution >= 4 is 15.9 Å². The number of halogens is 1. The number of rotatable bonds is 6. The fourth-order valence-electron chi connectivity index (χ4n) is 3.44. The van der Waals surface area contributed by atoms with E-state index < -0.39 is 40.7 Å². The number of likely N-dealkylation sites (tertiary alicyclic amines) is 1. The van der Waals surface area contributed by atoms with Crippen LogP contribution in [-0.4, -0.2) is 62.3 Å². The van der Waals surface area contributed by atoms with Gasteiger partial charge in [0, 0.05) is 13.1 Å². The molecular formula is C19H25FN2O5S. The molecule has 1 fully saturated rings. The average molecular weight is 412 g/mol. The fourth-order valence-corrected chi connectivity index (χ4v) is 4.69. The van der Waals surface area contributed by atoms with Crippen LogP contribution >= 0.6 is 0 Å². The highest BCUT2D eigenvalue weighted by atomic mass is 32.2. The molecule has 1 aromatic rings. The molecule has 3 rings (SSSR count). The monoisotopic (exact) mass is 412 g/mol. The van der Waals surface area contributed by atoms with E-state index in [1.807, 2.05) is 4.90 Å². The van der Waals surface area contributed by atoms with Crippen molar-refractivity contribution in [3.8, 4) is 0 Å². The Kier molecular flexibility index (Phi) is 6.82. The number of benzene rings is 1. The van der Waals surface area contributed by atoms with Gasteiger partial charge in [-0.2, -0.15) is 0 Å². The van der Waals surface area contributed by atoms with Crippen LogP contribution in [0.2, 0.25) is 0 Å². The zero-order valence-corrected chi connectivity index (χ0v) is 16.3. The quantitative estimate of drug-likeness (QED) is 0.685. The molecule has 9 heteroatoms. The van der Waals surface area contributed by atoms with Gasteiger partial charge < -0.3 is 14.7 Å². The Bertz CT molecular complexity index is 823. The summed E-state index contributed by atoms with van der Waals surface area (Å²) in [6, 6.07) is 3.85. The highest BCUT2D eigenvalue weighted by Crippen LogP contribution is 2.20. The SMILES string of the molecule is O=C(C[C@H]1C=C[C@H](NS(=O)(=O)c2cccc(F)c2)[C@@H](CO)O1)N1CCCCC1. The summed E-state index contributed by atoms with van der Waals surface area (Å²) in [7, 11) is -3.99. The van der Waals surface area contributed by atoms with Gasteiger partial charge in [-0.15, -0.1) is 0 Å². The van der Waals surface area contributed by atoms with Crippen LogP contribution in [0.3, 0.4) is 0 Å². The van der Waals surface area contributed by atoms with Crippen LogP contribution in [0.5, 0.6) is 0 Å². The summed E-state index contributed by atoms with van der Waals surface area (Å²) in [5.74, 6) is -0.668. The topological polar surface area (TPSA) is 95.9 Å². The smallest absolute Gasteiger partial charge is 0.241 e. The Morgan fingerprint density at radius 1 is 1.25 bits per heavy atom. The average Bonchev–Trinajstić information content (AvgIpc) is 2.69. The molecule has 0 unspecified atom stereocenters. The predicted molar refractivity (Wildman–Crippen MR) is 100 cm³/mol. The fraction of sp³-hybridized carbons (Fsp3) is 0.526. The number of ether oxygens (including phenoxy) is 1. The van der Waals surface area contributed by atoms with E-state index >= 15 is 0 Å². The highest BCUT2D eigenvalue weighted by Gasteiger charge is 2.32. The zero-order chi connectivity index (χ0) is 20.1. The Balaban J connectivity index is 1.65. The third kappa shape index (κ3) is 5.16. The van der Waals surface area contributed by atoms with Gasteiger partial charge in [0.05, 0.1) is 30.1 Å². The largest absolute Gasteiger partial charge is 0.394 e. The molecule has 1 saturated heterocycles. The second-order valence-electron chi connectivity index (χ2n) is 7.03. The summed E-state index contributed by atoms with van der Waals surface area (Å²) < 4.78 is 46.4. The lowest BCUT2D eigenvalue weighted by atomic mass is 10.0. The number of nitrogens with zero attached hydrogens (tertiary/aromatic N) is 1. The number of aliphatic hydroxyl groups is 1. The molecule has 0 spiro atoms. The number of amides is 1. The van der Waals surface area contributed by atoms with Gasteiger partial charge in [0.2, 0.25) is 15.9 Å². The molecule has 0 aliphatic carbocycles. The number of sulfonamides is 1. The van der Waals surface area contributed by atoms with Crippen LogP contribution < -0.4 is 4.72 Å². The number of nitrogens with one attached hydrogen (secondary N) is 1. The lowest BCUT2D eigenvalue weighted by molar-refractivity contribution is -0.136. The van der Waals surface area contributed by atoms with Gasteiger partial charge in [-0.3, -0.25) is 4.79 Å². The van der Waals surface area contributed by atoms with E-state index in [1.165, 1.54) is 12.1 Å². The van der Waals surface area contributed by atoms with Crippen LogP contribution in [0.15, 0.2) is 41.3 Å². The van der Waals surface area contributed by atoms with E-state index in [4.69, 9.17) is 4.74 Å². The Labute approximate surface area is 164 Å². The molecule has 2 aliphatic heterocycles. The zero-order valence-electron chi connectivity index (χ0n) is 15.5. The van der Waals surface area contributed by atoms with E-state index in [1.54, 1.807) is 12.2 Å². The first-order valence-corrected chi connectivity index (χ1v) is 10.9. The van der Waals surface area contributed by atoms with Crippen LogP contribution in [0, 0.1) is 5.82 Å². The van der Waals surface area contributed by atoms with Crippen LogP contribution in [-0.2, 0) is 19.6 Å². The second kappa shape index (κ2) is 9.13. The van der Waals surface area contributed by atoms with Gasteiger partial charge in [-0.25, -0.2) is 17.5 Å². The van der Waals surface area contributed by atoms with E-state index in [0.717, 1.165) is 44.5 Å². The summed E-state index contributed by atoms with van der Waals surface area (Å²) in [6.07, 6.45) is 5.11. The van der Waals surface area contributed by atoms with Crippen molar-refractivity contribution in [1.82, 2.24) is 9.62 Å². The predicted octanol–water partition coefficient (Wildman–Crippen LogP) is 1.19. The molecule has 3 atom stereocenters. The van der Waals surface area contributed by atoms with Gasteiger partial charge in [0.15, 0.2) is 0 Å². The van der Waals surface area contributed by atoms with E-state index in [9.17, 15) is 22.7 Å². The van der Waals surface area contributed by atoms with E-state index in [-0.39, 0.29) is 17.2 Å². The van der Waals surface area contributed by atoms with E-state index in [0.29, 0.717) is 0 Å². The number of carbonyl (C=O) groups excluding carboxylic acids is 1. The number of hydrogen-bond donors (Lipinski definition) is 2. The standard InChI is InChI=1S/C19H25FN2O5S/c20-14-5-4-6-16(11-14)28(25,26)21-17-8-7-15(27-18(17)13-23)12-19(24)22-9-2-1-3-10-22/h4-8,11,15,17-18,21,23H,1-3,9-10,12-13H2/t15-,17+,18-/m1/s1. The molecule has 28 heavy (non-hydrogen) atoms. The minimum Gasteiger partial charge on any atom is -0.394 e. The van der Waals surface area contributed by atoms with E-state index in [2.05, 4.69) is 4.72 Å². The summed E-state index contributed by atoms with van der Waals surface area (Å²) >= 11 is 0. The molecule has 0 saturated carbocycles. The summed E-state index contributed by atoms with van der Waals surface area (Å²) in [5, 5.41) is 9.62. The maximum atomic E-state index is 13.3. The van der Waals surface area contributed by atoms with Crippen LogP contribution in [0.4, 0.5) is 4.39 Å². The van der Waals surface area contributed by atoms with Gasteiger partial charge in [0.25, 0.3) is 0 Å². The molecule has 2 N–H and O–H groups in total. The molecule has 7 nitrogen and oxygen atoms in total. The molecule has 2 aliphatic rings. The molecular weight excluding hydrogens is 387 g/mol. The van der Waals surface area contributed by atoms with Crippen LogP contribution in [0.25, 0.3) is 0 Å². The molecule has 154 valence electrons. The van der Waals surface area contributed by atoms with Gasteiger partial charge in [-0.05, 0) is 37.5 Å². The Morgan fingerprint density at radius 3 is 2.68 bits per heavy atom. The first-order chi connectivity index (χ1) is 13.4.